The van der Waals surface area contributed by atoms with Gasteiger partial charge in [-0.15, -0.1) is 0 Å². The Morgan fingerprint density at radius 1 is 0.783 bits per heavy atom. The fraction of sp³-hybridized carbons (Fsp3) is 0.150. The monoisotopic (exact) mass is 309 g/mol. The summed E-state index contributed by atoms with van der Waals surface area (Å²) in [7, 11) is 0. The second kappa shape index (κ2) is 6.69. The van der Waals surface area contributed by atoms with Crippen LogP contribution in [0.15, 0.2) is 60.8 Å². The molecule has 0 amide bonds. The molecule has 1 heterocycles. The van der Waals surface area contributed by atoms with Crippen LogP contribution in [0.4, 0.5) is 8.78 Å². The summed E-state index contributed by atoms with van der Waals surface area (Å²) in [5, 5.41) is 0. The van der Waals surface area contributed by atoms with Crippen molar-refractivity contribution in [2.45, 2.75) is 19.8 Å². The maximum Gasteiger partial charge on any atom is 0.248 e. The van der Waals surface area contributed by atoms with Crippen LogP contribution in [-0.4, -0.2) is 4.98 Å². The number of pyridine rings is 1. The van der Waals surface area contributed by atoms with Gasteiger partial charge in [-0.3, -0.25) is 0 Å². The normalized spacial score (nSPS) is 10.7. The van der Waals surface area contributed by atoms with Gasteiger partial charge in [-0.05, 0) is 34.7 Å². The van der Waals surface area contributed by atoms with Crippen LogP contribution >= 0.6 is 0 Å². The number of benzene rings is 2. The molecule has 3 aromatic rings. The van der Waals surface area contributed by atoms with E-state index in [4.69, 9.17) is 0 Å². The molecule has 1 aromatic heterocycles. The average molecular weight is 309 g/mol. The lowest BCUT2D eigenvalue weighted by molar-refractivity contribution is 0.480. The van der Waals surface area contributed by atoms with Gasteiger partial charge in [-0.1, -0.05) is 61.9 Å². The van der Waals surface area contributed by atoms with Gasteiger partial charge >= 0.3 is 0 Å². The molecule has 0 radical (unpaired) electrons. The van der Waals surface area contributed by atoms with E-state index in [-0.39, 0.29) is 0 Å². The van der Waals surface area contributed by atoms with E-state index >= 15 is 0 Å². The van der Waals surface area contributed by atoms with E-state index in [2.05, 4.69) is 36.2 Å². The van der Waals surface area contributed by atoms with Crippen molar-refractivity contribution in [1.82, 2.24) is 4.98 Å². The molecule has 1 nitrogen and oxygen atoms in total. The number of rotatable bonds is 4. The molecule has 0 atom stereocenters. The molecule has 2 aromatic carbocycles. The number of aromatic nitrogens is 1. The fourth-order valence-corrected chi connectivity index (χ4v) is 2.59. The van der Waals surface area contributed by atoms with Crippen LogP contribution in [0.5, 0.6) is 0 Å². The van der Waals surface area contributed by atoms with Gasteiger partial charge in [0.15, 0.2) is 5.82 Å². The number of hydrogen-bond acceptors (Lipinski definition) is 1. The van der Waals surface area contributed by atoms with Crippen LogP contribution in [0.25, 0.3) is 22.3 Å². The predicted octanol–water partition coefficient (Wildman–Crippen LogP) is 5.65. The maximum atomic E-state index is 13.3. The molecule has 0 aliphatic rings. The summed E-state index contributed by atoms with van der Waals surface area (Å²) in [5.41, 5.74) is 4.93. The molecule has 116 valence electrons. The molecule has 0 aliphatic heterocycles. The van der Waals surface area contributed by atoms with E-state index < -0.39 is 11.8 Å². The molecule has 0 fully saturated rings. The fourth-order valence-electron chi connectivity index (χ4n) is 2.59. The van der Waals surface area contributed by atoms with Gasteiger partial charge < -0.3 is 0 Å². The first-order valence-corrected chi connectivity index (χ1v) is 7.68. The highest BCUT2D eigenvalue weighted by Gasteiger charge is 2.06. The van der Waals surface area contributed by atoms with Crippen LogP contribution < -0.4 is 0 Å². The Hall–Kier alpha value is -2.55. The van der Waals surface area contributed by atoms with Gasteiger partial charge in [0.05, 0.1) is 0 Å². The van der Waals surface area contributed by atoms with Crippen LogP contribution in [0.2, 0.25) is 0 Å². The van der Waals surface area contributed by atoms with E-state index in [0.29, 0.717) is 5.56 Å². The molecule has 3 heteroatoms. The summed E-state index contributed by atoms with van der Waals surface area (Å²) in [5.74, 6) is -2.00. The maximum absolute atomic E-state index is 13.3. The Balaban J connectivity index is 1.85. The van der Waals surface area contributed by atoms with Crippen molar-refractivity contribution >= 4 is 0 Å². The van der Waals surface area contributed by atoms with Crippen molar-refractivity contribution in [3.63, 3.8) is 0 Å². The predicted molar refractivity (Wildman–Crippen MR) is 89.0 cm³/mol. The summed E-state index contributed by atoms with van der Waals surface area (Å²) < 4.78 is 26.2. The lowest BCUT2D eigenvalue weighted by Gasteiger charge is -2.06. The zero-order valence-electron chi connectivity index (χ0n) is 12.9. The first kappa shape index (κ1) is 15.3. The molecule has 0 saturated heterocycles. The molecular formula is C20H17F2N. The van der Waals surface area contributed by atoms with E-state index in [1.54, 1.807) is 0 Å². The quantitative estimate of drug-likeness (QED) is 0.568. The highest BCUT2D eigenvalue weighted by atomic mass is 19.2. The second-order valence-corrected chi connectivity index (χ2v) is 5.52. The average Bonchev–Trinajstić information content (AvgIpc) is 2.59. The molecule has 0 N–H and O–H groups in total. The summed E-state index contributed by atoms with van der Waals surface area (Å²) in [4.78, 5) is 3.42. The van der Waals surface area contributed by atoms with E-state index in [9.17, 15) is 8.78 Å². The first-order chi connectivity index (χ1) is 11.2. The molecule has 0 saturated carbocycles. The zero-order valence-corrected chi connectivity index (χ0v) is 12.9. The van der Waals surface area contributed by atoms with Crippen molar-refractivity contribution in [3.05, 3.63) is 78.1 Å². The standard InChI is InChI=1S/C20H17F2N/c1-2-3-14-4-6-15(7-5-14)16-8-10-17(11-9-16)18-12-19(21)20(22)23-13-18/h4-13H,2-3H2,1H3. The van der Waals surface area contributed by atoms with E-state index in [1.807, 2.05) is 24.3 Å². The van der Waals surface area contributed by atoms with E-state index in [1.165, 1.54) is 11.8 Å². The number of hydrogen-bond donors (Lipinski definition) is 0. The van der Waals surface area contributed by atoms with Crippen molar-refractivity contribution < 1.29 is 8.78 Å². The van der Waals surface area contributed by atoms with Gasteiger partial charge in [0.25, 0.3) is 0 Å². The lowest BCUT2D eigenvalue weighted by atomic mass is 9.99. The SMILES string of the molecule is CCCc1ccc(-c2ccc(-c3cnc(F)c(F)c3)cc2)cc1. The third kappa shape index (κ3) is 3.45. The highest BCUT2D eigenvalue weighted by molar-refractivity contribution is 5.70. The Morgan fingerprint density at radius 3 is 1.83 bits per heavy atom. The minimum atomic E-state index is -1.07. The van der Waals surface area contributed by atoms with Crippen molar-refractivity contribution in [1.29, 1.82) is 0 Å². The smallest absolute Gasteiger partial charge is 0.225 e. The Morgan fingerprint density at radius 2 is 1.30 bits per heavy atom. The highest BCUT2D eigenvalue weighted by Crippen LogP contribution is 2.25. The molecule has 0 bridgehead atoms. The minimum Gasteiger partial charge on any atom is -0.225 e. The summed E-state index contributed by atoms with van der Waals surface area (Å²) in [6.07, 6.45) is 3.56. The zero-order chi connectivity index (χ0) is 16.2. The Labute approximate surface area is 134 Å². The number of nitrogens with zero attached hydrogens (tertiary/aromatic N) is 1. The molecule has 3 rings (SSSR count). The summed E-state index contributed by atoms with van der Waals surface area (Å²) >= 11 is 0. The van der Waals surface area contributed by atoms with Gasteiger partial charge in [0, 0.05) is 11.8 Å². The van der Waals surface area contributed by atoms with Crippen molar-refractivity contribution in [3.8, 4) is 22.3 Å². The van der Waals surface area contributed by atoms with Crippen molar-refractivity contribution in [2.75, 3.05) is 0 Å². The van der Waals surface area contributed by atoms with Gasteiger partial charge in [-0.25, -0.2) is 9.37 Å². The van der Waals surface area contributed by atoms with Gasteiger partial charge in [0.2, 0.25) is 5.95 Å². The third-order valence-electron chi connectivity index (χ3n) is 3.84. The van der Waals surface area contributed by atoms with Crippen LogP contribution in [0, 0.1) is 11.8 Å². The van der Waals surface area contributed by atoms with Crippen molar-refractivity contribution in [2.24, 2.45) is 0 Å². The lowest BCUT2D eigenvalue weighted by Crippen LogP contribution is -1.90. The minimum absolute atomic E-state index is 0.564. The van der Waals surface area contributed by atoms with Gasteiger partial charge in [0.1, 0.15) is 0 Å². The molecule has 0 spiro atoms. The van der Waals surface area contributed by atoms with Crippen LogP contribution in [0.1, 0.15) is 18.9 Å². The summed E-state index contributed by atoms with van der Waals surface area (Å²) in [6.45, 7) is 2.17. The number of aryl methyl sites for hydroxylation is 1. The molecule has 0 unspecified atom stereocenters. The van der Waals surface area contributed by atoms with E-state index in [0.717, 1.165) is 35.6 Å². The third-order valence-corrected chi connectivity index (χ3v) is 3.84. The Kier molecular flexibility index (Phi) is 4.47. The van der Waals surface area contributed by atoms with Crippen LogP contribution in [-0.2, 0) is 6.42 Å². The number of halogens is 2. The topological polar surface area (TPSA) is 12.9 Å². The first-order valence-electron chi connectivity index (χ1n) is 7.68. The largest absolute Gasteiger partial charge is 0.248 e. The molecule has 23 heavy (non-hydrogen) atoms. The second-order valence-electron chi connectivity index (χ2n) is 5.52. The molecular weight excluding hydrogens is 292 g/mol. The van der Waals surface area contributed by atoms with Crippen LogP contribution in [0.3, 0.4) is 0 Å². The van der Waals surface area contributed by atoms with Gasteiger partial charge in [-0.2, -0.15) is 4.39 Å². The summed E-state index contributed by atoms with van der Waals surface area (Å²) in [6, 6.07) is 17.4. The molecule has 0 aliphatic carbocycles. The Bertz CT molecular complexity index is 793.